The van der Waals surface area contributed by atoms with Gasteiger partial charge in [0, 0.05) is 17.5 Å². The van der Waals surface area contributed by atoms with Gasteiger partial charge in [-0.25, -0.2) is 4.39 Å². The van der Waals surface area contributed by atoms with Crippen LogP contribution in [0.25, 0.3) is 0 Å². The number of amides is 2. The van der Waals surface area contributed by atoms with E-state index in [1.165, 1.54) is 17.0 Å². The third-order valence-electron chi connectivity index (χ3n) is 6.58. The van der Waals surface area contributed by atoms with Gasteiger partial charge in [-0.1, -0.05) is 37.3 Å². The van der Waals surface area contributed by atoms with Crippen molar-refractivity contribution in [1.82, 2.24) is 9.80 Å². The third kappa shape index (κ3) is 6.09. The van der Waals surface area contributed by atoms with E-state index in [4.69, 9.17) is 4.74 Å². The average Bonchev–Trinajstić information content (AvgIpc) is 3.36. The molecule has 7 heteroatoms. The molecule has 2 heterocycles. The van der Waals surface area contributed by atoms with Crippen molar-refractivity contribution in [3.8, 4) is 5.75 Å². The minimum Gasteiger partial charge on any atom is -0.491 e. The number of carbonyl (C=O) groups excluding carboxylic acids is 2. The first-order valence-electron chi connectivity index (χ1n) is 12.0. The van der Waals surface area contributed by atoms with Gasteiger partial charge in [-0.2, -0.15) is 0 Å². The summed E-state index contributed by atoms with van der Waals surface area (Å²) in [6.07, 6.45) is 1.82. The van der Waals surface area contributed by atoms with Crippen LogP contribution in [-0.2, 0) is 22.4 Å². The van der Waals surface area contributed by atoms with Crippen LogP contribution in [0.15, 0.2) is 66.0 Å². The van der Waals surface area contributed by atoms with Crippen molar-refractivity contribution >= 4 is 23.2 Å². The predicted octanol–water partition coefficient (Wildman–Crippen LogP) is 5.26. The van der Waals surface area contributed by atoms with E-state index in [2.05, 4.69) is 0 Å². The highest BCUT2D eigenvalue weighted by Crippen LogP contribution is 2.34. The molecule has 0 spiro atoms. The van der Waals surface area contributed by atoms with Gasteiger partial charge in [-0.05, 0) is 66.6 Å². The molecule has 2 unspecified atom stereocenters. The number of ether oxygens (including phenoxy) is 1. The molecule has 0 N–H and O–H groups in total. The minimum absolute atomic E-state index is 0.0349. The van der Waals surface area contributed by atoms with E-state index in [0.717, 1.165) is 24.0 Å². The van der Waals surface area contributed by atoms with Crippen LogP contribution in [0.5, 0.6) is 5.75 Å². The summed E-state index contributed by atoms with van der Waals surface area (Å²) >= 11 is 1.69. The Morgan fingerprint density at radius 3 is 2.60 bits per heavy atom. The van der Waals surface area contributed by atoms with Crippen molar-refractivity contribution in [3.63, 3.8) is 0 Å². The zero-order chi connectivity index (χ0) is 24.8. The second-order valence-electron chi connectivity index (χ2n) is 8.86. The van der Waals surface area contributed by atoms with Crippen molar-refractivity contribution in [3.05, 3.63) is 87.9 Å². The smallest absolute Gasteiger partial charge is 0.242 e. The van der Waals surface area contributed by atoms with Crippen LogP contribution in [-0.4, -0.2) is 47.4 Å². The predicted molar refractivity (Wildman–Crippen MR) is 136 cm³/mol. The fourth-order valence-electron chi connectivity index (χ4n) is 4.40. The molecule has 3 aromatic rings. The molecule has 1 aliphatic heterocycles. The zero-order valence-electron chi connectivity index (χ0n) is 20.2. The average molecular weight is 495 g/mol. The Kier molecular flexibility index (Phi) is 8.18. The number of halogens is 1. The molecule has 1 aromatic heterocycles. The summed E-state index contributed by atoms with van der Waals surface area (Å²) in [6.45, 7) is 4.88. The van der Waals surface area contributed by atoms with Gasteiger partial charge in [0.1, 0.15) is 24.7 Å². The Bertz CT molecular complexity index is 1130. The molecular formula is C28H31FN2O3S. The molecule has 0 saturated carbocycles. The Morgan fingerprint density at radius 1 is 1.14 bits per heavy atom. The highest BCUT2D eigenvalue weighted by molar-refractivity contribution is 7.10. The molecule has 2 atom stereocenters. The fraction of sp³-hybridized carbons (Fsp3) is 0.357. The number of carbonyl (C=O) groups is 2. The van der Waals surface area contributed by atoms with Crippen LogP contribution in [0.3, 0.4) is 0 Å². The summed E-state index contributed by atoms with van der Waals surface area (Å²) in [6, 6.07) is 17.2. The number of fused-ring (bicyclic) bond motifs is 1. The molecule has 0 aliphatic carbocycles. The Morgan fingerprint density at radius 2 is 1.89 bits per heavy atom. The molecule has 0 fully saturated rings. The Hall–Kier alpha value is -3.19. The molecule has 2 amide bonds. The SMILES string of the molecule is CCC(C)N(CC(=O)N1CCc2sccc2C1COc1ccc(F)cc1)C(=O)Cc1ccccc1. The van der Waals surface area contributed by atoms with Crippen molar-refractivity contribution in [1.29, 1.82) is 0 Å². The lowest BCUT2D eigenvalue weighted by atomic mass is 10.00. The van der Waals surface area contributed by atoms with E-state index < -0.39 is 0 Å². The first kappa shape index (κ1) is 24.9. The highest BCUT2D eigenvalue weighted by atomic mass is 32.1. The number of benzene rings is 2. The first-order chi connectivity index (χ1) is 17.0. The summed E-state index contributed by atoms with van der Waals surface area (Å²) in [7, 11) is 0. The van der Waals surface area contributed by atoms with Crippen molar-refractivity contribution < 1.29 is 18.7 Å². The van der Waals surface area contributed by atoms with Crippen LogP contribution in [0.2, 0.25) is 0 Å². The summed E-state index contributed by atoms with van der Waals surface area (Å²) in [5.41, 5.74) is 2.02. The topological polar surface area (TPSA) is 49.9 Å². The normalized spacial score (nSPS) is 15.9. The monoisotopic (exact) mass is 494 g/mol. The van der Waals surface area contributed by atoms with E-state index in [9.17, 15) is 14.0 Å². The van der Waals surface area contributed by atoms with Crippen LogP contribution in [0, 0.1) is 5.82 Å². The van der Waals surface area contributed by atoms with Crippen molar-refractivity contribution in [2.45, 2.75) is 45.2 Å². The molecule has 5 nitrogen and oxygen atoms in total. The summed E-state index contributed by atoms with van der Waals surface area (Å²) in [5.74, 6) is 0.0974. The van der Waals surface area contributed by atoms with E-state index >= 15 is 0 Å². The lowest BCUT2D eigenvalue weighted by Crippen LogP contribution is -2.50. The van der Waals surface area contributed by atoms with Crippen LogP contribution in [0.1, 0.15) is 42.3 Å². The van der Waals surface area contributed by atoms with Gasteiger partial charge < -0.3 is 14.5 Å². The van der Waals surface area contributed by atoms with Gasteiger partial charge in [-0.15, -0.1) is 11.3 Å². The fourth-order valence-corrected chi connectivity index (χ4v) is 5.33. The minimum atomic E-state index is -0.322. The number of rotatable bonds is 9. The van der Waals surface area contributed by atoms with Crippen LogP contribution < -0.4 is 4.74 Å². The number of thiophene rings is 1. The van der Waals surface area contributed by atoms with Gasteiger partial charge in [0.25, 0.3) is 0 Å². The van der Waals surface area contributed by atoms with E-state index in [1.807, 2.05) is 60.5 Å². The standard InChI is InChI=1S/C28H31FN2O3S/c1-3-20(2)31(27(32)17-21-7-5-4-6-8-21)18-28(33)30-15-13-26-24(14-16-35-26)25(30)19-34-23-11-9-22(29)10-12-23/h4-12,14,16,20,25H,3,13,15,17-19H2,1-2H3. The summed E-state index contributed by atoms with van der Waals surface area (Å²) in [5, 5.41) is 2.04. The van der Waals surface area contributed by atoms with E-state index in [1.54, 1.807) is 28.4 Å². The second-order valence-corrected chi connectivity index (χ2v) is 9.86. The molecule has 0 bridgehead atoms. The Labute approximate surface area is 210 Å². The zero-order valence-corrected chi connectivity index (χ0v) is 21.0. The van der Waals surface area contributed by atoms with Gasteiger partial charge in [-0.3, -0.25) is 9.59 Å². The molecule has 184 valence electrons. The molecule has 0 radical (unpaired) electrons. The molecule has 0 saturated heterocycles. The van der Waals surface area contributed by atoms with Gasteiger partial charge in [0.15, 0.2) is 0 Å². The largest absolute Gasteiger partial charge is 0.491 e. The van der Waals surface area contributed by atoms with Gasteiger partial charge >= 0.3 is 0 Å². The molecule has 4 rings (SSSR count). The van der Waals surface area contributed by atoms with Crippen molar-refractivity contribution in [2.24, 2.45) is 0 Å². The number of hydrogen-bond donors (Lipinski definition) is 0. The highest BCUT2D eigenvalue weighted by Gasteiger charge is 2.34. The maximum atomic E-state index is 13.6. The quantitative estimate of drug-likeness (QED) is 0.408. The summed E-state index contributed by atoms with van der Waals surface area (Å²) in [4.78, 5) is 31.6. The molecule has 2 aromatic carbocycles. The third-order valence-corrected chi connectivity index (χ3v) is 7.58. The number of nitrogens with zero attached hydrogens (tertiary/aromatic N) is 2. The molecular weight excluding hydrogens is 463 g/mol. The number of hydrogen-bond acceptors (Lipinski definition) is 4. The molecule has 1 aliphatic rings. The van der Waals surface area contributed by atoms with E-state index in [0.29, 0.717) is 12.3 Å². The maximum absolute atomic E-state index is 13.6. The lowest BCUT2D eigenvalue weighted by Gasteiger charge is -2.38. The summed E-state index contributed by atoms with van der Waals surface area (Å²) < 4.78 is 19.3. The van der Waals surface area contributed by atoms with Crippen LogP contribution in [0.4, 0.5) is 4.39 Å². The van der Waals surface area contributed by atoms with E-state index in [-0.39, 0.29) is 49.3 Å². The molecule has 35 heavy (non-hydrogen) atoms. The van der Waals surface area contributed by atoms with Gasteiger partial charge in [0.2, 0.25) is 11.8 Å². The Balaban J connectivity index is 1.50. The van der Waals surface area contributed by atoms with Gasteiger partial charge in [0.05, 0.1) is 12.5 Å². The first-order valence-corrected chi connectivity index (χ1v) is 12.9. The maximum Gasteiger partial charge on any atom is 0.242 e. The lowest BCUT2D eigenvalue weighted by molar-refractivity contribution is -0.144. The van der Waals surface area contributed by atoms with Crippen LogP contribution >= 0.6 is 11.3 Å². The van der Waals surface area contributed by atoms with Crippen molar-refractivity contribution in [2.75, 3.05) is 19.7 Å². The second kappa shape index (κ2) is 11.5.